The van der Waals surface area contributed by atoms with Crippen molar-refractivity contribution in [3.05, 3.63) is 46.9 Å². The molecule has 18 heavy (non-hydrogen) atoms. The Hall–Kier alpha value is -1.78. The molecule has 0 atom stereocenters. The van der Waals surface area contributed by atoms with E-state index in [2.05, 4.69) is 33.9 Å². The lowest BCUT2D eigenvalue weighted by molar-refractivity contribution is 1.31. The van der Waals surface area contributed by atoms with Gasteiger partial charge in [0.1, 0.15) is 0 Å². The largest absolute Gasteiger partial charge is 0.396 e. The summed E-state index contributed by atoms with van der Waals surface area (Å²) in [5, 5.41) is 7.00. The number of fused-ring (bicyclic) bond motifs is 1. The number of halogens is 1. The van der Waals surface area contributed by atoms with E-state index in [9.17, 15) is 0 Å². The zero-order chi connectivity index (χ0) is 12.5. The van der Waals surface area contributed by atoms with Crippen LogP contribution in [-0.4, -0.2) is 4.98 Å². The highest BCUT2D eigenvalue weighted by Gasteiger charge is 2.03. The number of thiophene rings is 1. The number of pyridine rings is 1. The molecule has 0 saturated carbocycles. The van der Waals surface area contributed by atoms with Gasteiger partial charge < -0.3 is 11.1 Å². The molecule has 0 aliphatic rings. The monoisotopic (exact) mass is 275 g/mol. The summed E-state index contributed by atoms with van der Waals surface area (Å²) in [6.45, 7) is 0. The van der Waals surface area contributed by atoms with Gasteiger partial charge in [0.25, 0.3) is 0 Å². The zero-order valence-electron chi connectivity index (χ0n) is 9.35. The van der Waals surface area contributed by atoms with Crippen LogP contribution in [0.2, 0.25) is 5.02 Å². The highest BCUT2D eigenvalue weighted by molar-refractivity contribution is 7.17. The van der Waals surface area contributed by atoms with Crippen molar-refractivity contribution in [1.82, 2.24) is 4.98 Å². The Balaban J connectivity index is 1.95. The van der Waals surface area contributed by atoms with Crippen LogP contribution in [0.25, 0.3) is 10.1 Å². The number of rotatable bonds is 2. The average Bonchev–Trinajstić information content (AvgIpc) is 2.80. The highest BCUT2D eigenvalue weighted by Crippen LogP contribution is 2.27. The fourth-order valence-corrected chi connectivity index (χ4v) is 2.68. The summed E-state index contributed by atoms with van der Waals surface area (Å²) < 4.78 is 1.26. The first kappa shape index (κ1) is 11.3. The second kappa shape index (κ2) is 4.48. The SMILES string of the molecule is Nc1cc(Cl)cnc1Nc1ccc2sccc2c1. The van der Waals surface area contributed by atoms with Crippen molar-refractivity contribution in [3.8, 4) is 0 Å². The molecule has 0 radical (unpaired) electrons. The fraction of sp³-hybridized carbons (Fsp3) is 0. The lowest BCUT2D eigenvalue weighted by Crippen LogP contribution is -1.98. The van der Waals surface area contributed by atoms with Crippen LogP contribution < -0.4 is 11.1 Å². The molecule has 1 aromatic carbocycles. The molecule has 0 amide bonds. The molecule has 3 nitrogen and oxygen atoms in total. The first-order valence-corrected chi connectivity index (χ1v) is 6.63. The van der Waals surface area contributed by atoms with Gasteiger partial charge in [-0.2, -0.15) is 0 Å². The third-order valence-corrected chi connectivity index (χ3v) is 3.70. The van der Waals surface area contributed by atoms with E-state index in [4.69, 9.17) is 17.3 Å². The van der Waals surface area contributed by atoms with Crippen LogP contribution in [0, 0.1) is 0 Å². The third kappa shape index (κ3) is 2.12. The van der Waals surface area contributed by atoms with Crippen LogP contribution in [0.1, 0.15) is 0 Å². The molecule has 3 N–H and O–H groups in total. The van der Waals surface area contributed by atoms with Gasteiger partial charge in [-0.25, -0.2) is 4.98 Å². The van der Waals surface area contributed by atoms with Gasteiger partial charge in [0.2, 0.25) is 0 Å². The maximum atomic E-state index is 5.85. The van der Waals surface area contributed by atoms with E-state index in [1.54, 1.807) is 23.6 Å². The molecule has 3 rings (SSSR count). The summed E-state index contributed by atoms with van der Waals surface area (Å²) in [5.41, 5.74) is 7.35. The van der Waals surface area contributed by atoms with Crippen LogP contribution in [0.3, 0.4) is 0 Å². The van der Waals surface area contributed by atoms with Crippen molar-refractivity contribution < 1.29 is 0 Å². The molecule has 0 saturated heterocycles. The molecule has 90 valence electrons. The van der Waals surface area contributed by atoms with Crippen molar-refractivity contribution in [2.75, 3.05) is 11.1 Å². The van der Waals surface area contributed by atoms with Crippen molar-refractivity contribution >= 4 is 50.2 Å². The number of nitrogens with one attached hydrogen (secondary N) is 1. The normalized spacial score (nSPS) is 10.7. The van der Waals surface area contributed by atoms with Crippen molar-refractivity contribution in [2.45, 2.75) is 0 Å². The van der Waals surface area contributed by atoms with Crippen molar-refractivity contribution in [3.63, 3.8) is 0 Å². The minimum absolute atomic E-state index is 0.534. The summed E-state index contributed by atoms with van der Waals surface area (Å²) in [6.07, 6.45) is 1.57. The zero-order valence-corrected chi connectivity index (χ0v) is 10.9. The molecule has 0 bridgehead atoms. The predicted octanol–water partition coefficient (Wildman–Crippen LogP) is 4.28. The molecule has 0 aliphatic heterocycles. The van der Waals surface area contributed by atoms with E-state index in [0.717, 1.165) is 5.69 Å². The standard InChI is InChI=1S/C13H10ClN3S/c14-9-6-11(15)13(16-7-9)17-10-1-2-12-8(5-10)3-4-18-12/h1-7H,15H2,(H,16,17). The van der Waals surface area contributed by atoms with Crippen LogP contribution in [-0.2, 0) is 0 Å². The number of nitrogen functional groups attached to an aromatic ring is 1. The number of hydrogen-bond donors (Lipinski definition) is 2. The Morgan fingerprint density at radius 3 is 2.94 bits per heavy atom. The Kier molecular flexibility index (Phi) is 2.81. The van der Waals surface area contributed by atoms with Crippen molar-refractivity contribution in [1.29, 1.82) is 0 Å². The summed E-state index contributed by atoms with van der Waals surface area (Å²) in [6, 6.07) is 9.93. The predicted molar refractivity (Wildman–Crippen MR) is 78.8 cm³/mol. The number of anilines is 3. The number of hydrogen-bond acceptors (Lipinski definition) is 4. The second-order valence-corrected chi connectivity index (χ2v) is 5.27. The van der Waals surface area contributed by atoms with Crippen LogP contribution in [0.4, 0.5) is 17.2 Å². The van der Waals surface area contributed by atoms with Gasteiger partial charge in [-0.05, 0) is 41.1 Å². The van der Waals surface area contributed by atoms with Crippen LogP contribution >= 0.6 is 22.9 Å². The molecule has 0 spiro atoms. The van der Waals surface area contributed by atoms with Gasteiger partial charge in [0.05, 0.1) is 10.7 Å². The minimum atomic E-state index is 0.534. The molecular weight excluding hydrogens is 266 g/mol. The number of benzene rings is 1. The van der Waals surface area contributed by atoms with Gasteiger partial charge >= 0.3 is 0 Å². The third-order valence-electron chi connectivity index (χ3n) is 2.60. The molecule has 2 aromatic heterocycles. The number of nitrogens with zero attached hydrogens (tertiary/aromatic N) is 1. The lowest BCUT2D eigenvalue weighted by atomic mass is 10.2. The Labute approximate surface area is 113 Å². The van der Waals surface area contributed by atoms with Gasteiger partial charge in [0.15, 0.2) is 5.82 Å². The van der Waals surface area contributed by atoms with Crippen LogP contribution in [0.5, 0.6) is 0 Å². The first-order valence-electron chi connectivity index (χ1n) is 5.38. The molecule has 0 unspecified atom stereocenters. The highest BCUT2D eigenvalue weighted by atomic mass is 35.5. The quantitative estimate of drug-likeness (QED) is 0.734. The Morgan fingerprint density at radius 2 is 2.11 bits per heavy atom. The second-order valence-electron chi connectivity index (χ2n) is 3.89. The molecule has 3 aromatic rings. The molecule has 0 fully saturated rings. The fourth-order valence-electron chi connectivity index (χ4n) is 1.74. The number of aromatic nitrogens is 1. The summed E-state index contributed by atoms with van der Waals surface area (Å²) in [7, 11) is 0. The maximum Gasteiger partial charge on any atom is 0.153 e. The molecule has 0 aliphatic carbocycles. The maximum absolute atomic E-state index is 5.85. The summed E-state index contributed by atoms with van der Waals surface area (Å²) in [4.78, 5) is 4.18. The number of nitrogens with two attached hydrogens (primary N) is 1. The van der Waals surface area contributed by atoms with E-state index in [1.165, 1.54) is 10.1 Å². The molecule has 2 heterocycles. The average molecular weight is 276 g/mol. The topological polar surface area (TPSA) is 50.9 Å². The van der Waals surface area contributed by atoms with E-state index in [-0.39, 0.29) is 0 Å². The van der Waals surface area contributed by atoms with E-state index < -0.39 is 0 Å². The van der Waals surface area contributed by atoms with Gasteiger partial charge in [-0.1, -0.05) is 11.6 Å². The van der Waals surface area contributed by atoms with E-state index in [0.29, 0.717) is 16.5 Å². The molecule has 5 heteroatoms. The minimum Gasteiger partial charge on any atom is -0.396 e. The molecular formula is C13H10ClN3S. The van der Waals surface area contributed by atoms with Crippen molar-refractivity contribution in [2.24, 2.45) is 0 Å². The first-order chi connectivity index (χ1) is 8.72. The summed E-state index contributed by atoms with van der Waals surface area (Å²) in [5.74, 6) is 0.619. The van der Waals surface area contributed by atoms with E-state index in [1.807, 2.05) is 6.07 Å². The van der Waals surface area contributed by atoms with E-state index >= 15 is 0 Å². The summed E-state index contributed by atoms with van der Waals surface area (Å²) >= 11 is 7.54. The Morgan fingerprint density at radius 1 is 1.22 bits per heavy atom. The van der Waals surface area contributed by atoms with Gasteiger partial charge in [-0.15, -0.1) is 11.3 Å². The van der Waals surface area contributed by atoms with Gasteiger partial charge in [-0.3, -0.25) is 0 Å². The lowest BCUT2D eigenvalue weighted by Gasteiger charge is -2.08. The Bertz CT molecular complexity index is 708. The van der Waals surface area contributed by atoms with Gasteiger partial charge in [0, 0.05) is 16.6 Å². The smallest absolute Gasteiger partial charge is 0.153 e. The van der Waals surface area contributed by atoms with Crippen LogP contribution in [0.15, 0.2) is 41.9 Å².